The van der Waals surface area contributed by atoms with Gasteiger partial charge in [0.05, 0.1) is 17.3 Å². The van der Waals surface area contributed by atoms with E-state index in [9.17, 15) is 4.79 Å². The van der Waals surface area contributed by atoms with E-state index in [4.69, 9.17) is 15.2 Å². The molecule has 0 fully saturated rings. The topological polar surface area (TPSA) is 86.5 Å². The van der Waals surface area contributed by atoms with Gasteiger partial charge in [-0.25, -0.2) is 14.2 Å². The van der Waals surface area contributed by atoms with Crippen LogP contribution in [0.25, 0.3) is 32.1 Å². The van der Waals surface area contributed by atoms with Crippen LogP contribution >= 0.6 is 11.3 Å². The summed E-state index contributed by atoms with van der Waals surface area (Å²) in [5.74, 6) is 0.510. The summed E-state index contributed by atoms with van der Waals surface area (Å²) >= 11 is 1.53. The van der Waals surface area contributed by atoms with Crippen LogP contribution in [0.4, 0.5) is 15.0 Å². The van der Waals surface area contributed by atoms with Gasteiger partial charge in [0.15, 0.2) is 0 Å². The molecule has 0 aliphatic rings. The molecule has 3 N–H and O–H groups in total. The number of hydrogen-bond acceptors (Lipinski definition) is 6. The largest absolute Gasteiger partial charge is 0.496 e. The number of nitrogens with zero attached hydrogens (tertiary/aromatic N) is 1. The Morgan fingerprint density at radius 2 is 2.00 bits per heavy atom. The summed E-state index contributed by atoms with van der Waals surface area (Å²) in [7, 11) is 1.61. The lowest BCUT2D eigenvalue weighted by Gasteiger charge is -2.21. The molecule has 0 saturated carbocycles. The quantitative estimate of drug-likeness (QED) is 0.319. The molecule has 0 spiro atoms. The lowest BCUT2D eigenvalue weighted by Crippen LogP contribution is -2.34. The number of carbonyl (C=O) groups excluding carboxylic acids is 1. The Morgan fingerprint density at radius 1 is 1.26 bits per heavy atom. The summed E-state index contributed by atoms with van der Waals surface area (Å²) in [4.78, 5) is 16.7. The number of nitrogens with one attached hydrogen (secondary N) is 1. The van der Waals surface area contributed by atoms with Gasteiger partial charge < -0.3 is 20.5 Å². The number of hydrogen-bond donors (Lipinski definition) is 2. The van der Waals surface area contributed by atoms with E-state index >= 15 is 4.39 Å². The molecular weight excluding hydrogens is 465 g/mol. The molecule has 1 atom stereocenters. The monoisotopic (exact) mass is 495 g/mol. The summed E-state index contributed by atoms with van der Waals surface area (Å²) in [5, 5.41) is 6.55. The van der Waals surface area contributed by atoms with Gasteiger partial charge in [-0.1, -0.05) is 19.1 Å². The standard InChI is InChI=1S/C27H30FN3O3S/c1-14-11-20(33-6)21(22-18-9-10-35-24(18)25(29)31-23(14)22)16-7-8-17(19(28)12-16)15(2)13-30-26(32)34-27(3,4)5/h7-12,15H,13H2,1-6H3,(H2,29,31)(H,30,32). The number of fused-ring (bicyclic) bond motifs is 3. The average molecular weight is 496 g/mol. The summed E-state index contributed by atoms with van der Waals surface area (Å²) in [6.07, 6.45) is -0.524. The SMILES string of the molecule is COc1cc(C)c2nc(N)c3sccc3c2c1-c1ccc(C(C)CNC(=O)OC(C)(C)C)c(F)c1. The summed E-state index contributed by atoms with van der Waals surface area (Å²) < 4.78 is 27.3. The number of halogens is 1. The molecule has 4 rings (SSSR count). The number of rotatable bonds is 5. The Hall–Kier alpha value is -3.39. The number of alkyl carbamates (subject to hydrolysis) is 1. The number of carbonyl (C=O) groups is 1. The highest BCUT2D eigenvalue weighted by Gasteiger charge is 2.21. The maximum Gasteiger partial charge on any atom is 0.407 e. The number of methoxy groups -OCH3 is 1. The van der Waals surface area contributed by atoms with Crippen LogP contribution in [0.2, 0.25) is 0 Å². The summed E-state index contributed by atoms with van der Waals surface area (Å²) in [5.41, 5.74) is 9.28. The van der Waals surface area contributed by atoms with Crippen molar-refractivity contribution in [2.75, 3.05) is 19.4 Å². The van der Waals surface area contributed by atoms with Crippen LogP contribution in [0.3, 0.4) is 0 Å². The zero-order chi connectivity index (χ0) is 25.5. The molecule has 35 heavy (non-hydrogen) atoms. The van der Waals surface area contributed by atoms with Gasteiger partial charge in [-0.15, -0.1) is 11.3 Å². The highest BCUT2D eigenvalue weighted by atomic mass is 32.1. The van der Waals surface area contributed by atoms with E-state index in [1.54, 1.807) is 33.9 Å². The van der Waals surface area contributed by atoms with E-state index < -0.39 is 11.7 Å². The Bertz CT molecular complexity index is 1430. The number of aryl methyl sites for hydroxylation is 1. The minimum atomic E-state index is -0.594. The van der Waals surface area contributed by atoms with Crippen molar-refractivity contribution in [2.24, 2.45) is 0 Å². The van der Waals surface area contributed by atoms with E-state index in [-0.39, 0.29) is 18.3 Å². The van der Waals surface area contributed by atoms with Crippen molar-refractivity contribution in [3.63, 3.8) is 0 Å². The van der Waals surface area contributed by atoms with E-state index in [0.717, 1.165) is 32.1 Å². The first-order valence-electron chi connectivity index (χ1n) is 11.4. The number of ether oxygens (including phenoxy) is 2. The molecule has 4 aromatic rings. The number of pyridine rings is 1. The van der Waals surface area contributed by atoms with Crippen molar-refractivity contribution < 1.29 is 18.7 Å². The van der Waals surface area contributed by atoms with Crippen molar-refractivity contribution >= 4 is 44.2 Å². The average Bonchev–Trinajstić information content (AvgIpc) is 3.27. The zero-order valence-corrected chi connectivity index (χ0v) is 21.6. The van der Waals surface area contributed by atoms with E-state index in [1.807, 2.05) is 37.4 Å². The second-order valence-electron chi connectivity index (χ2n) is 9.67. The molecule has 0 aliphatic heterocycles. The Kier molecular flexibility index (Phi) is 6.60. The molecule has 2 aromatic heterocycles. The number of amides is 1. The molecule has 1 unspecified atom stereocenters. The van der Waals surface area contributed by atoms with E-state index in [1.165, 1.54) is 17.4 Å². The van der Waals surface area contributed by atoms with Crippen LogP contribution in [0, 0.1) is 12.7 Å². The second-order valence-corrected chi connectivity index (χ2v) is 10.6. The van der Waals surface area contributed by atoms with E-state index in [2.05, 4.69) is 10.3 Å². The molecule has 0 bridgehead atoms. The first-order valence-corrected chi connectivity index (χ1v) is 12.3. The van der Waals surface area contributed by atoms with Crippen molar-refractivity contribution in [2.45, 2.75) is 46.1 Å². The van der Waals surface area contributed by atoms with Gasteiger partial charge in [0.1, 0.15) is 23.0 Å². The van der Waals surface area contributed by atoms with E-state index in [0.29, 0.717) is 22.7 Å². The molecule has 8 heteroatoms. The fourth-order valence-corrected chi connectivity index (χ4v) is 5.05. The van der Waals surface area contributed by atoms with Crippen LogP contribution in [0.5, 0.6) is 5.75 Å². The number of nitrogen functional groups attached to an aromatic ring is 1. The lowest BCUT2D eigenvalue weighted by atomic mass is 9.92. The number of benzene rings is 2. The molecule has 184 valence electrons. The smallest absolute Gasteiger partial charge is 0.407 e. The van der Waals surface area contributed by atoms with Gasteiger partial charge in [-0.2, -0.15) is 0 Å². The fraction of sp³-hybridized carbons (Fsp3) is 0.333. The molecule has 0 saturated heterocycles. The van der Waals surface area contributed by atoms with Crippen molar-refractivity contribution in [3.8, 4) is 16.9 Å². The molecule has 0 aliphatic carbocycles. The normalized spacial score (nSPS) is 12.7. The Labute approximate surface area is 208 Å². The third kappa shape index (κ3) is 4.89. The Balaban J connectivity index is 1.75. The van der Waals surface area contributed by atoms with Gasteiger partial charge in [-0.05, 0) is 68.0 Å². The van der Waals surface area contributed by atoms with Gasteiger partial charge >= 0.3 is 6.09 Å². The lowest BCUT2D eigenvalue weighted by molar-refractivity contribution is 0.0525. The molecule has 2 aromatic carbocycles. The van der Waals surface area contributed by atoms with Crippen LogP contribution in [0.15, 0.2) is 35.7 Å². The minimum absolute atomic E-state index is 0.251. The first-order chi connectivity index (χ1) is 16.5. The van der Waals surface area contributed by atoms with Crippen molar-refractivity contribution in [3.05, 3.63) is 52.7 Å². The number of anilines is 1. The fourth-order valence-electron chi connectivity index (χ4n) is 4.25. The van der Waals surface area contributed by atoms with Crippen LogP contribution < -0.4 is 15.8 Å². The van der Waals surface area contributed by atoms with Gasteiger partial charge in [0, 0.05) is 28.8 Å². The van der Waals surface area contributed by atoms with Crippen molar-refractivity contribution in [1.29, 1.82) is 0 Å². The highest BCUT2D eigenvalue weighted by molar-refractivity contribution is 7.18. The zero-order valence-electron chi connectivity index (χ0n) is 20.8. The van der Waals surface area contributed by atoms with Gasteiger partial charge in [0.25, 0.3) is 0 Å². The third-order valence-electron chi connectivity index (χ3n) is 5.85. The number of nitrogens with two attached hydrogens (primary N) is 1. The van der Waals surface area contributed by atoms with Crippen LogP contribution in [0.1, 0.15) is 44.7 Å². The summed E-state index contributed by atoms with van der Waals surface area (Å²) in [6.45, 7) is 9.46. The van der Waals surface area contributed by atoms with Gasteiger partial charge in [0.2, 0.25) is 0 Å². The summed E-state index contributed by atoms with van der Waals surface area (Å²) in [6, 6.07) is 9.07. The van der Waals surface area contributed by atoms with Crippen LogP contribution in [-0.4, -0.2) is 30.3 Å². The second kappa shape index (κ2) is 9.34. The molecular formula is C27H30FN3O3S. The minimum Gasteiger partial charge on any atom is -0.496 e. The highest BCUT2D eigenvalue weighted by Crippen LogP contribution is 2.44. The predicted molar refractivity (Wildman–Crippen MR) is 141 cm³/mol. The van der Waals surface area contributed by atoms with Gasteiger partial charge in [-0.3, -0.25) is 0 Å². The van der Waals surface area contributed by atoms with Crippen LogP contribution in [-0.2, 0) is 4.74 Å². The maximum atomic E-state index is 15.4. The first kappa shape index (κ1) is 24.7. The molecule has 6 nitrogen and oxygen atoms in total. The Morgan fingerprint density at radius 3 is 2.66 bits per heavy atom. The molecule has 1 amide bonds. The third-order valence-corrected chi connectivity index (χ3v) is 6.78. The maximum absolute atomic E-state index is 15.4. The number of aromatic nitrogens is 1. The predicted octanol–water partition coefficient (Wildman–Crippen LogP) is 6.78. The van der Waals surface area contributed by atoms with Crippen molar-refractivity contribution in [1.82, 2.24) is 10.3 Å². The molecule has 0 radical (unpaired) electrons. The number of thiophene rings is 1. The molecule has 2 heterocycles.